The second-order valence-corrected chi connectivity index (χ2v) is 16.4. The van der Waals surface area contributed by atoms with Gasteiger partial charge in [0.25, 0.3) is 0 Å². The normalized spacial score (nSPS) is 31.2. The van der Waals surface area contributed by atoms with Crippen molar-refractivity contribution in [2.45, 2.75) is 60.5 Å². The van der Waals surface area contributed by atoms with Crippen LogP contribution in [0.4, 0.5) is 0 Å². The van der Waals surface area contributed by atoms with Crippen molar-refractivity contribution in [3.8, 4) is 0 Å². The van der Waals surface area contributed by atoms with Crippen LogP contribution in [0.5, 0.6) is 0 Å². The minimum atomic E-state index is -1.43. The van der Waals surface area contributed by atoms with E-state index in [9.17, 15) is 30.6 Å². The van der Waals surface area contributed by atoms with E-state index in [0.29, 0.717) is 0 Å². The molecule has 6 rings (SSSR count). The first-order valence-electron chi connectivity index (χ1n) is 15.6. The molecule has 248 valence electrons. The standard InChI is InChI=1S/C36H40O9P2/c37-21-27-29(39)31(41)33(46(23-13-5-1-6-14-23)24-15-7-2-8-16-24)35(43-27)45-36-34(32(42)30(40)28(22-38)44-36)47(25-17-9-3-10-18-25)26-19-11-4-12-20-26/h1-20,27-42H,21-22H2/t27-,28-,29-,30-,31-,32-,33+,34+,35-,36-/m1/s1. The van der Waals surface area contributed by atoms with E-state index < -0.39 is 89.6 Å². The highest BCUT2D eigenvalue weighted by Crippen LogP contribution is 2.51. The molecule has 2 heterocycles. The second kappa shape index (κ2) is 15.7. The molecule has 2 fully saturated rings. The van der Waals surface area contributed by atoms with Crippen molar-refractivity contribution < 1.29 is 44.8 Å². The van der Waals surface area contributed by atoms with Gasteiger partial charge in [-0.05, 0) is 37.1 Å². The van der Waals surface area contributed by atoms with Crippen LogP contribution in [-0.2, 0) is 14.2 Å². The molecule has 4 aromatic carbocycles. The predicted molar refractivity (Wildman–Crippen MR) is 182 cm³/mol. The highest BCUT2D eigenvalue weighted by Gasteiger charge is 2.54. The van der Waals surface area contributed by atoms with Crippen molar-refractivity contribution >= 4 is 37.1 Å². The van der Waals surface area contributed by atoms with Crippen molar-refractivity contribution in [2.75, 3.05) is 13.2 Å². The van der Waals surface area contributed by atoms with Crippen LogP contribution in [0.1, 0.15) is 0 Å². The lowest BCUT2D eigenvalue weighted by Gasteiger charge is -2.50. The van der Waals surface area contributed by atoms with Crippen LogP contribution in [0, 0.1) is 0 Å². The summed E-state index contributed by atoms with van der Waals surface area (Å²) in [5, 5.41) is 69.9. The summed E-state index contributed by atoms with van der Waals surface area (Å²) < 4.78 is 19.3. The Morgan fingerprint density at radius 1 is 0.447 bits per heavy atom. The molecule has 0 amide bonds. The maximum absolute atomic E-state index is 11.8. The van der Waals surface area contributed by atoms with E-state index in [1.807, 2.05) is 121 Å². The molecule has 0 unspecified atom stereocenters. The van der Waals surface area contributed by atoms with Gasteiger partial charge < -0.3 is 44.8 Å². The largest absolute Gasteiger partial charge is 0.394 e. The van der Waals surface area contributed by atoms with Crippen LogP contribution in [0.25, 0.3) is 0 Å². The zero-order valence-electron chi connectivity index (χ0n) is 25.5. The summed E-state index contributed by atoms with van der Waals surface area (Å²) in [5.74, 6) is 0. The number of hydrogen-bond donors (Lipinski definition) is 6. The SMILES string of the molecule is OC[C@H]1O[C@H](O[C@H]2O[C@H](CO)[C@@H](O)[C@@H](O)[C@@H]2P(c2ccccc2)c2ccccc2)[C@@H](P(c2ccccc2)c2ccccc2)[C@H](O)[C@@H]1O. The summed E-state index contributed by atoms with van der Waals surface area (Å²) in [6, 6.07) is 38.5. The predicted octanol–water partition coefficient (Wildman–Crippen LogP) is 0.884. The minimum Gasteiger partial charge on any atom is -0.394 e. The Morgan fingerprint density at radius 3 is 0.979 bits per heavy atom. The van der Waals surface area contributed by atoms with Gasteiger partial charge in [0.15, 0.2) is 12.6 Å². The van der Waals surface area contributed by atoms with Gasteiger partial charge in [0.1, 0.15) is 24.4 Å². The molecule has 2 saturated heterocycles. The van der Waals surface area contributed by atoms with Crippen molar-refractivity contribution in [3.05, 3.63) is 121 Å². The summed E-state index contributed by atoms with van der Waals surface area (Å²) in [5.41, 5.74) is -1.68. The summed E-state index contributed by atoms with van der Waals surface area (Å²) >= 11 is 0. The van der Waals surface area contributed by atoms with Gasteiger partial charge in [-0.25, -0.2) is 0 Å². The smallest absolute Gasteiger partial charge is 0.171 e. The molecule has 4 aromatic rings. The second-order valence-electron chi connectivity index (χ2n) is 11.6. The van der Waals surface area contributed by atoms with Crippen LogP contribution in [0.3, 0.4) is 0 Å². The van der Waals surface area contributed by atoms with Crippen molar-refractivity contribution in [3.63, 3.8) is 0 Å². The summed E-state index contributed by atoms with van der Waals surface area (Å²) in [6.07, 6.45) is -10.3. The van der Waals surface area contributed by atoms with Gasteiger partial charge in [0.05, 0.1) is 36.7 Å². The fourth-order valence-electron chi connectivity index (χ4n) is 6.38. The highest BCUT2D eigenvalue weighted by atomic mass is 31.1. The molecule has 0 radical (unpaired) electrons. The molecular formula is C36H40O9P2. The van der Waals surface area contributed by atoms with Crippen molar-refractivity contribution in [1.82, 2.24) is 0 Å². The zero-order valence-corrected chi connectivity index (χ0v) is 27.3. The third kappa shape index (κ3) is 7.23. The van der Waals surface area contributed by atoms with Crippen LogP contribution in [0.15, 0.2) is 121 Å². The number of rotatable bonds is 10. The van der Waals surface area contributed by atoms with Crippen LogP contribution < -0.4 is 21.2 Å². The molecule has 0 aliphatic carbocycles. The lowest BCUT2D eigenvalue weighted by molar-refractivity contribution is -0.329. The van der Waals surface area contributed by atoms with E-state index in [-0.39, 0.29) is 0 Å². The molecular weight excluding hydrogens is 638 g/mol. The lowest BCUT2D eigenvalue weighted by atomic mass is 10.00. The summed E-state index contributed by atoms with van der Waals surface area (Å²) in [4.78, 5) is 0. The first kappa shape index (κ1) is 34.3. The zero-order chi connectivity index (χ0) is 32.9. The molecule has 6 N–H and O–H groups in total. The monoisotopic (exact) mass is 678 g/mol. The molecule has 47 heavy (non-hydrogen) atoms. The molecule has 2 aliphatic heterocycles. The fraction of sp³-hybridized carbons (Fsp3) is 0.333. The Hall–Kier alpha value is -2.62. The Morgan fingerprint density at radius 2 is 0.723 bits per heavy atom. The molecule has 10 atom stereocenters. The van der Waals surface area contributed by atoms with E-state index in [0.717, 1.165) is 21.2 Å². The molecule has 0 spiro atoms. The van der Waals surface area contributed by atoms with Crippen LogP contribution in [-0.4, -0.2) is 104 Å². The summed E-state index contributed by atoms with van der Waals surface area (Å²) in [7, 11) is -2.86. The number of ether oxygens (including phenoxy) is 3. The molecule has 0 aromatic heterocycles. The Labute approximate surface area is 276 Å². The van der Waals surface area contributed by atoms with Crippen molar-refractivity contribution in [1.29, 1.82) is 0 Å². The van der Waals surface area contributed by atoms with Crippen LogP contribution >= 0.6 is 15.8 Å². The first-order valence-corrected chi connectivity index (χ1v) is 18.4. The van der Waals surface area contributed by atoms with Gasteiger partial charge in [0.2, 0.25) is 0 Å². The average Bonchev–Trinajstić information content (AvgIpc) is 3.12. The number of benzene rings is 4. The third-order valence-corrected chi connectivity index (χ3v) is 14.4. The van der Waals surface area contributed by atoms with Crippen molar-refractivity contribution in [2.24, 2.45) is 0 Å². The average molecular weight is 679 g/mol. The number of aliphatic hydroxyl groups excluding tert-OH is 6. The first-order chi connectivity index (χ1) is 22.9. The van der Waals surface area contributed by atoms with Gasteiger partial charge >= 0.3 is 0 Å². The van der Waals surface area contributed by atoms with Crippen LogP contribution in [0.2, 0.25) is 0 Å². The van der Waals surface area contributed by atoms with Gasteiger partial charge in [-0.15, -0.1) is 0 Å². The maximum Gasteiger partial charge on any atom is 0.171 e. The third-order valence-electron chi connectivity index (χ3n) is 8.70. The molecule has 0 bridgehead atoms. The fourth-order valence-corrected chi connectivity index (χ4v) is 12.1. The Bertz CT molecular complexity index is 1330. The number of hydrogen-bond acceptors (Lipinski definition) is 9. The van der Waals surface area contributed by atoms with E-state index in [2.05, 4.69) is 0 Å². The maximum atomic E-state index is 11.8. The van der Waals surface area contributed by atoms with E-state index in [1.54, 1.807) is 0 Å². The van der Waals surface area contributed by atoms with Gasteiger partial charge in [0, 0.05) is 0 Å². The number of aliphatic hydroxyl groups is 6. The van der Waals surface area contributed by atoms with E-state index in [4.69, 9.17) is 14.2 Å². The molecule has 11 heteroatoms. The van der Waals surface area contributed by atoms with Gasteiger partial charge in [-0.1, -0.05) is 121 Å². The molecule has 0 saturated carbocycles. The highest BCUT2D eigenvalue weighted by molar-refractivity contribution is 7.74. The Kier molecular flexibility index (Phi) is 11.5. The Balaban J connectivity index is 1.46. The van der Waals surface area contributed by atoms with E-state index in [1.165, 1.54) is 0 Å². The molecule has 9 nitrogen and oxygen atoms in total. The lowest BCUT2D eigenvalue weighted by Crippen LogP contribution is -2.64. The summed E-state index contributed by atoms with van der Waals surface area (Å²) in [6.45, 7) is -1.15. The molecule has 2 aliphatic rings. The minimum absolute atomic E-state index is 0.574. The van der Waals surface area contributed by atoms with Gasteiger partial charge in [-0.2, -0.15) is 0 Å². The van der Waals surface area contributed by atoms with E-state index >= 15 is 0 Å². The quantitative estimate of drug-likeness (QED) is 0.135. The van der Waals surface area contributed by atoms with Gasteiger partial charge in [-0.3, -0.25) is 0 Å². The topological polar surface area (TPSA) is 149 Å².